The molecule has 2 rings (SSSR count). The fourth-order valence-electron chi connectivity index (χ4n) is 3.24. The summed E-state index contributed by atoms with van der Waals surface area (Å²) in [6.45, 7) is 0. The van der Waals surface area contributed by atoms with Gasteiger partial charge in [0, 0.05) is 29.8 Å². The van der Waals surface area contributed by atoms with Crippen molar-refractivity contribution >= 4 is 0 Å². The smallest absolute Gasteiger partial charge is 0.248 e. The highest BCUT2D eigenvalue weighted by Crippen LogP contribution is 2.36. The van der Waals surface area contributed by atoms with Gasteiger partial charge in [0.05, 0.1) is 13.2 Å². The van der Waals surface area contributed by atoms with E-state index in [0.717, 1.165) is 42.6 Å². The second kappa shape index (κ2) is 7.77. The third kappa shape index (κ3) is 3.89. The summed E-state index contributed by atoms with van der Waals surface area (Å²) in [5, 5.41) is 20.9. The Hall–Kier alpha value is -2.35. The number of benzene rings is 1. The molecule has 23 heavy (non-hydrogen) atoms. The van der Waals surface area contributed by atoms with Gasteiger partial charge in [-0.2, -0.15) is 5.26 Å². The number of nitriles is 1. The second-order valence-electron chi connectivity index (χ2n) is 5.95. The monoisotopic (exact) mass is 314 g/mol. The molecule has 0 saturated heterocycles. The first-order valence-corrected chi connectivity index (χ1v) is 7.96. The first-order chi connectivity index (χ1) is 11.1. The Morgan fingerprint density at radius 1 is 1.35 bits per heavy atom. The summed E-state index contributed by atoms with van der Waals surface area (Å²) in [6, 6.07) is 9.44. The minimum atomic E-state index is -1.16. The standard InChI is InChI=1S/C18H22N2O3/c1-23-17-10-8-15(9-11-17)14-18(20(21)22,12-5-13-19)16-6-3-2-4-7-16/h6,8-11H,2-5,7,12,14H2,1H3. The van der Waals surface area contributed by atoms with E-state index in [1.165, 1.54) is 0 Å². The lowest BCUT2D eigenvalue weighted by Crippen LogP contribution is -2.43. The van der Waals surface area contributed by atoms with Crippen molar-refractivity contribution in [3.63, 3.8) is 0 Å². The van der Waals surface area contributed by atoms with Crippen LogP contribution in [0.4, 0.5) is 0 Å². The molecule has 0 bridgehead atoms. The maximum atomic E-state index is 12.0. The minimum Gasteiger partial charge on any atom is -0.497 e. The molecule has 0 saturated carbocycles. The molecular weight excluding hydrogens is 292 g/mol. The molecule has 0 N–H and O–H groups in total. The van der Waals surface area contributed by atoms with Crippen molar-refractivity contribution in [2.75, 3.05) is 7.11 Å². The molecule has 1 aromatic carbocycles. The summed E-state index contributed by atoms with van der Waals surface area (Å²) in [5.74, 6) is 0.731. The fraction of sp³-hybridized carbons (Fsp3) is 0.500. The Bertz CT molecular complexity index is 616. The first-order valence-electron chi connectivity index (χ1n) is 7.96. The lowest BCUT2D eigenvalue weighted by molar-refractivity contribution is -0.559. The Morgan fingerprint density at radius 3 is 2.61 bits per heavy atom. The molecule has 1 atom stereocenters. The molecule has 1 aliphatic carbocycles. The van der Waals surface area contributed by atoms with E-state index in [2.05, 4.69) is 6.07 Å². The second-order valence-corrected chi connectivity index (χ2v) is 5.95. The zero-order valence-electron chi connectivity index (χ0n) is 13.5. The van der Waals surface area contributed by atoms with Crippen LogP contribution in [0.3, 0.4) is 0 Å². The number of nitro groups is 1. The van der Waals surface area contributed by atoms with Crippen LogP contribution in [0.25, 0.3) is 0 Å². The molecule has 1 aliphatic rings. The number of nitrogens with zero attached hydrogens (tertiary/aromatic N) is 2. The van der Waals surface area contributed by atoms with E-state index in [0.29, 0.717) is 6.42 Å². The van der Waals surface area contributed by atoms with E-state index in [-0.39, 0.29) is 17.8 Å². The fourth-order valence-corrected chi connectivity index (χ4v) is 3.24. The van der Waals surface area contributed by atoms with Gasteiger partial charge >= 0.3 is 0 Å². The SMILES string of the molecule is COc1ccc(CC(CCC#N)(C2=CCCCC2)[N+](=O)[O-])cc1. The summed E-state index contributed by atoms with van der Waals surface area (Å²) in [6.07, 6.45) is 6.49. The van der Waals surface area contributed by atoms with Gasteiger partial charge in [0.25, 0.3) is 0 Å². The predicted molar refractivity (Wildman–Crippen MR) is 87.8 cm³/mol. The summed E-state index contributed by atoms with van der Waals surface area (Å²) in [7, 11) is 1.59. The summed E-state index contributed by atoms with van der Waals surface area (Å²) < 4.78 is 5.14. The van der Waals surface area contributed by atoms with Crippen LogP contribution in [0.1, 0.15) is 44.1 Å². The number of methoxy groups -OCH3 is 1. The molecule has 0 spiro atoms. The molecule has 0 radical (unpaired) electrons. The first kappa shape index (κ1) is 17.0. The van der Waals surface area contributed by atoms with E-state index in [1.807, 2.05) is 30.3 Å². The van der Waals surface area contributed by atoms with E-state index in [1.54, 1.807) is 7.11 Å². The maximum Gasteiger partial charge on any atom is 0.248 e. The van der Waals surface area contributed by atoms with Crippen molar-refractivity contribution in [2.45, 2.75) is 50.5 Å². The van der Waals surface area contributed by atoms with E-state index in [9.17, 15) is 10.1 Å². The summed E-state index contributed by atoms with van der Waals surface area (Å²) >= 11 is 0. The van der Waals surface area contributed by atoms with E-state index < -0.39 is 5.54 Å². The van der Waals surface area contributed by atoms with Gasteiger partial charge in [-0.1, -0.05) is 18.2 Å². The highest BCUT2D eigenvalue weighted by molar-refractivity contribution is 5.31. The summed E-state index contributed by atoms with van der Waals surface area (Å²) in [5.41, 5.74) is 0.622. The highest BCUT2D eigenvalue weighted by atomic mass is 16.6. The van der Waals surface area contributed by atoms with Gasteiger partial charge in [-0.25, -0.2) is 0 Å². The van der Waals surface area contributed by atoms with Crippen LogP contribution in [0.5, 0.6) is 5.75 Å². The van der Waals surface area contributed by atoms with Gasteiger partial charge in [0.1, 0.15) is 5.75 Å². The Balaban J connectivity index is 2.35. The van der Waals surface area contributed by atoms with Crippen molar-refractivity contribution in [1.82, 2.24) is 0 Å². The average molecular weight is 314 g/mol. The number of hydrogen-bond acceptors (Lipinski definition) is 4. The molecule has 0 heterocycles. The summed E-state index contributed by atoms with van der Waals surface area (Å²) in [4.78, 5) is 11.8. The van der Waals surface area contributed by atoms with Crippen molar-refractivity contribution in [3.05, 3.63) is 51.6 Å². The Kier molecular flexibility index (Phi) is 5.75. The van der Waals surface area contributed by atoms with Crippen molar-refractivity contribution in [3.8, 4) is 11.8 Å². The zero-order chi connectivity index (χ0) is 16.7. The quantitative estimate of drug-likeness (QED) is 0.432. The number of ether oxygens (including phenoxy) is 1. The molecule has 1 unspecified atom stereocenters. The highest BCUT2D eigenvalue weighted by Gasteiger charge is 2.46. The molecule has 122 valence electrons. The molecule has 0 aromatic heterocycles. The maximum absolute atomic E-state index is 12.0. The third-order valence-corrected chi connectivity index (χ3v) is 4.54. The lowest BCUT2D eigenvalue weighted by Gasteiger charge is -2.29. The minimum absolute atomic E-state index is 0.175. The lowest BCUT2D eigenvalue weighted by atomic mass is 9.76. The molecule has 5 heteroatoms. The van der Waals surface area contributed by atoms with Crippen molar-refractivity contribution < 1.29 is 9.66 Å². The van der Waals surface area contributed by atoms with E-state index >= 15 is 0 Å². The van der Waals surface area contributed by atoms with E-state index in [4.69, 9.17) is 10.00 Å². The van der Waals surface area contributed by atoms with Crippen LogP contribution in [-0.4, -0.2) is 17.6 Å². The molecule has 1 aromatic rings. The predicted octanol–water partition coefficient (Wildman–Crippen LogP) is 4.06. The molecule has 0 amide bonds. The largest absolute Gasteiger partial charge is 0.497 e. The van der Waals surface area contributed by atoms with Crippen molar-refractivity contribution in [2.24, 2.45) is 0 Å². The average Bonchev–Trinajstić information content (AvgIpc) is 2.59. The van der Waals surface area contributed by atoms with Crippen LogP contribution in [0.15, 0.2) is 35.9 Å². The van der Waals surface area contributed by atoms with Gasteiger partial charge in [-0.3, -0.25) is 10.1 Å². The van der Waals surface area contributed by atoms with Gasteiger partial charge in [-0.15, -0.1) is 0 Å². The van der Waals surface area contributed by atoms with Crippen LogP contribution in [-0.2, 0) is 6.42 Å². The number of rotatable bonds is 7. The van der Waals surface area contributed by atoms with Gasteiger partial charge in [0.2, 0.25) is 5.54 Å². The Morgan fingerprint density at radius 2 is 2.09 bits per heavy atom. The van der Waals surface area contributed by atoms with Crippen LogP contribution in [0.2, 0.25) is 0 Å². The van der Waals surface area contributed by atoms with Crippen molar-refractivity contribution in [1.29, 1.82) is 5.26 Å². The number of hydrogen-bond donors (Lipinski definition) is 0. The van der Waals surface area contributed by atoms with Crippen LogP contribution < -0.4 is 4.74 Å². The third-order valence-electron chi connectivity index (χ3n) is 4.54. The topological polar surface area (TPSA) is 76.2 Å². The van der Waals surface area contributed by atoms with Gasteiger partial charge in [-0.05, 0) is 43.4 Å². The zero-order valence-corrected chi connectivity index (χ0v) is 13.5. The van der Waals surface area contributed by atoms with Gasteiger partial charge in [0.15, 0.2) is 0 Å². The van der Waals surface area contributed by atoms with Gasteiger partial charge < -0.3 is 4.74 Å². The van der Waals surface area contributed by atoms with Crippen LogP contribution >= 0.6 is 0 Å². The molecule has 0 fully saturated rings. The molecule has 0 aliphatic heterocycles. The normalized spacial score (nSPS) is 16.8. The number of allylic oxidation sites excluding steroid dienone is 1. The Labute approximate surface area is 136 Å². The van der Waals surface area contributed by atoms with Crippen LogP contribution in [0, 0.1) is 21.4 Å². The molecular formula is C18H22N2O3. The molecule has 5 nitrogen and oxygen atoms in total.